The minimum absolute atomic E-state index is 0.266. The van der Waals surface area contributed by atoms with Gasteiger partial charge in [-0.3, -0.25) is 9.59 Å². The van der Waals surface area contributed by atoms with Crippen LogP contribution >= 0.6 is 11.6 Å². The molecule has 0 aliphatic heterocycles. The molecule has 2 aromatic rings. The van der Waals surface area contributed by atoms with Gasteiger partial charge in [-0.05, 0) is 55.7 Å². The zero-order valence-corrected chi connectivity index (χ0v) is 13.4. The molecule has 0 saturated heterocycles. The molecule has 1 saturated carbocycles. The Hall–Kier alpha value is -2.27. The number of halogens is 1. The van der Waals surface area contributed by atoms with E-state index in [4.69, 9.17) is 16.0 Å². The molecule has 1 fully saturated rings. The first-order chi connectivity index (χ1) is 11.0. The number of hydrogen-bond donors (Lipinski definition) is 2. The Bertz CT molecular complexity index is 736. The molecule has 23 heavy (non-hydrogen) atoms. The second-order valence-corrected chi connectivity index (χ2v) is 6.19. The number of hydrogen-bond acceptors (Lipinski definition) is 3. The van der Waals surface area contributed by atoms with E-state index < -0.39 is 5.41 Å². The van der Waals surface area contributed by atoms with E-state index in [0.717, 1.165) is 5.56 Å². The third kappa shape index (κ3) is 3.24. The molecule has 1 aliphatic carbocycles. The molecule has 0 unspecified atom stereocenters. The van der Waals surface area contributed by atoms with E-state index in [0.29, 0.717) is 29.3 Å². The van der Waals surface area contributed by atoms with Crippen LogP contribution in [0.2, 0.25) is 5.02 Å². The van der Waals surface area contributed by atoms with Crippen LogP contribution in [0, 0.1) is 12.3 Å². The molecule has 2 N–H and O–H groups in total. The van der Waals surface area contributed by atoms with Gasteiger partial charge in [0.15, 0.2) is 0 Å². The van der Waals surface area contributed by atoms with Crippen molar-refractivity contribution < 1.29 is 14.0 Å². The lowest BCUT2D eigenvalue weighted by molar-refractivity contribution is -0.134. The van der Waals surface area contributed by atoms with Crippen LogP contribution in [0.3, 0.4) is 0 Å². The van der Waals surface area contributed by atoms with Gasteiger partial charge in [-0.25, -0.2) is 0 Å². The van der Waals surface area contributed by atoms with Crippen LogP contribution in [0.1, 0.15) is 24.2 Å². The fourth-order valence-corrected chi connectivity index (χ4v) is 2.67. The Labute approximate surface area is 139 Å². The summed E-state index contributed by atoms with van der Waals surface area (Å²) >= 11 is 5.91. The minimum Gasteiger partial charge on any atom is -0.467 e. The van der Waals surface area contributed by atoms with Gasteiger partial charge in [-0.15, -0.1) is 0 Å². The van der Waals surface area contributed by atoms with Crippen LogP contribution in [0.4, 0.5) is 5.69 Å². The van der Waals surface area contributed by atoms with E-state index in [9.17, 15) is 9.59 Å². The Morgan fingerprint density at radius 2 is 2.04 bits per heavy atom. The van der Waals surface area contributed by atoms with Crippen molar-refractivity contribution in [2.75, 3.05) is 5.32 Å². The SMILES string of the molecule is Cc1cc(Cl)ccc1NC(=O)C1(C(=O)NCc2ccco2)CC1. The van der Waals surface area contributed by atoms with Gasteiger partial charge < -0.3 is 15.1 Å². The second kappa shape index (κ2) is 6.08. The predicted octanol–water partition coefficient (Wildman–Crippen LogP) is 3.28. The first-order valence-corrected chi connectivity index (χ1v) is 7.77. The standard InChI is InChI=1S/C17H17ClN2O3/c1-11-9-12(18)4-5-14(11)20-16(22)17(6-7-17)15(21)19-10-13-3-2-8-23-13/h2-5,8-9H,6-7,10H2,1H3,(H,19,21)(H,20,22). The number of nitrogens with one attached hydrogen (secondary N) is 2. The van der Waals surface area contributed by atoms with Gasteiger partial charge in [0.2, 0.25) is 11.8 Å². The molecular formula is C17H17ClN2O3. The number of anilines is 1. The van der Waals surface area contributed by atoms with Crippen LogP contribution in [0.5, 0.6) is 0 Å². The smallest absolute Gasteiger partial charge is 0.240 e. The molecule has 1 heterocycles. The fraction of sp³-hybridized carbons (Fsp3) is 0.294. The van der Waals surface area contributed by atoms with Crippen LogP contribution in [-0.4, -0.2) is 11.8 Å². The summed E-state index contributed by atoms with van der Waals surface area (Å²) in [6.07, 6.45) is 2.65. The van der Waals surface area contributed by atoms with Crippen LogP contribution in [-0.2, 0) is 16.1 Å². The molecule has 0 spiro atoms. The molecule has 0 bridgehead atoms. The van der Waals surface area contributed by atoms with Gasteiger partial charge in [-0.1, -0.05) is 11.6 Å². The number of benzene rings is 1. The van der Waals surface area contributed by atoms with Crippen LogP contribution < -0.4 is 10.6 Å². The van der Waals surface area contributed by atoms with Gasteiger partial charge >= 0.3 is 0 Å². The molecule has 2 amide bonds. The number of furan rings is 1. The first-order valence-electron chi connectivity index (χ1n) is 7.39. The first kappa shape index (κ1) is 15.6. The van der Waals surface area contributed by atoms with Gasteiger partial charge in [0.1, 0.15) is 11.2 Å². The maximum absolute atomic E-state index is 12.5. The van der Waals surface area contributed by atoms with E-state index in [-0.39, 0.29) is 18.4 Å². The van der Waals surface area contributed by atoms with Crippen LogP contribution in [0.15, 0.2) is 41.0 Å². The maximum Gasteiger partial charge on any atom is 0.240 e. The average molecular weight is 333 g/mol. The third-order valence-corrected chi connectivity index (χ3v) is 4.29. The third-order valence-electron chi connectivity index (χ3n) is 4.06. The molecule has 0 radical (unpaired) electrons. The Morgan fingerprint density at radius 1 is 1.26 bits per heavy atom. The summed E-state index contributed by atoms with van der Waals surface area (Å²) in [4.78, 5) is 24.9. The lowest BCUT2D eigenvalue weighted by Crippen LogP contribution is -2.39. The number of carbonyl (C=O) groups is 2. The van der Waals surface area contributed by atoms with Crippen molar-refractivity contribution >= 4 is 29.1 Å². The highest BCUT2D eigenvalue weighted by atomic mass is 35.5. The van der Waals surface area contributed by atoms with Crippen molar-refractivity contribution in [3.05, 3.63) is 52.9 Å². The summed E-state index contributed by atoms with van der Waals surface area (Å²) < 4.78 is 5.17. The summed E-state index contributed by atoms with van der Waals surface area (Å²) in [5.41, 5.74) is 0.556. The Balaban J connectivity index is 1.64. The number of carbonyl (C=O) groups excluding carboxylic acids is 2. The largest absolute Gasteiger partial charge is 0.467 e. The summed E-state index contributed by atoms with van der Waals surface area (Å²) in [7, 11) is 0. The number of amides is 2. The molecule has 1 aromatic heterocycles. The highest BCUT2D eigenvalue weighted by Gasteiger charge is 2.56. The van der Waals surface area contributed by atoms with Crippen molar-refractivity contribution in [2.24, 2.45) is 5.41 Å². The molecule has 5 nitrogen and oxygen atoms in total. The van der Waals surface area contributed by atoms with Gasteiger partial charge in [0.25, 0.3) is 0 Å². The molecular weight excluding hydrogens is 316 g/mol. The van der Waals surface area contributed by atoms with Crippen molar-refractivity contribution in [2.45, 2.75) is 26.3 Å². The highest BCUT2D eigenvalue weighted by molar-refractivity contribution is 6.30. The molecule has 1 aromatic carbocycles. The number of aryl methyl sites for hydroxylation is 1. The Kier molecular flexibility index (Phi) is 4.13. The van der Waals surface area contributed by atoms with E-state index >= 15 is 0 Å². The fourth-order valence-electron chi connectivity index (χ4n) is 2.44. The molecule has 3 rings (SSSR count). The quantitative estimate of drug-likeness (QED) is 0.825. The van der Waals surface area contributed by atoms with Crippen molar-refractivity contribution in [3.63, 3.8) is 0 Å². The van der Waals surface area contributed by atoms with Crippen molar-refractivity contribution in [1.29, 1.82) is 0 Å². The molecule has 0 atom stereocenters. The van der Waals surface area contributed by atoms with E-state index in [1.807, 2.05) is 6.92 Å². The topological polar surface area (TPSA) is 71.3 Å². The lowest BCUT2D eigenvalue weighted by atomic mass is 10.0. The predicted molar refractivity (Wildman–Crippen MR) is 87.0 cm³/mol. The van der Waals surface area contributed by atoms with E-state index in [1.165, 1.54) is 0 Å². The molecule has 6 heteroatoms. The zero-order chi connectivity index (χ0) is 16.4. The lowest BCUT2D eigenvalue weighted by Gasteiger charge is -2.16. The van der Waals surface area contributed by atoms with Crippen molar-refractivity contribution in [3.8, 4) is 0 Å². The highest BCUT2D eigenvalue weighted by Crippen LogP contribution is 2.47. The molecule has 1 aliphatic rings. The maximum atomic E-state index is 12.5. The summed E-state index contributed by atoms with van der Waals surface area (Å²) in [5, 5.41) is 6.21. The van der Waals surface area contributed by atoms with Gasteiger partial charge in [0.05, 0.1) is 12.8 Å². The van der Waals surface area contributed by atoms with Gasteiger partial charge in [-0.2, -0.15) is 0 Å². The second-order valence-electron chi connectivity index (χ2n) is 5.76. The molecule has 120 valence electrons. The summed E-state index contributed by atoms with van der Waals surface area (Å²) in [6.45, 7) is 2.14. The van der Waals surface area contributed by atoms with E-state index in [2.05, 4.69) is 10.6 Å². The number of rotatable bonds is 5. The summed E-state index contributed by atoms with van der Waals surface area (Å²) in [5.74, 6) is 0.112. The average Bonchev–Trinajstić information content (AvgIpc) is 3.17. The monoisotopic (exact) mass is 332 g/mol. The van der Waals surface area contributed by atoms with Gasteiger partial charge in [0, 0.05) is 10.7 Å². The van der Waals surface area contributed by atoms with Crippen molar-refractivity contribution in [1.82, 2.24) is 5.32 Å². The minimum atomic E-state index is -0.974. The summed E-state index contributed by atoms with van der Waals surface area (Å²) in [6, 6.07) is 8.75. The van der Waals surface area contributed by atoms with E-state index in [1.54, 1.807) is 36.6 Å². The van der Waals surface area contributed by atoms with Crippen LogP contribution in [0.25, 0.3) is 0 Å². The Morgan fingerprint density at radius 3 is 2.65 bits per heavy atom. The zero-order valence-electron chi connectivity index (χ0n) is 12.7. The normalized spacial score (nSPS) is 15.0.